The van der Waals surface area contributed by atoms with Gasteiger partial charge in [0.15, 0.2) is 0 Å². The van der Waals surface area contributed by atoms with E-state index in [1.165, 1.54) is 128 Å². The standard InChI is InChI=1S/C36H62N2O2/c1-3-5-7-12-19-25-36-34(24-18-13-8-10-15-21-29-37-31-39)28-27-33(23-17-6-4-2)35(36)26-20-14-9-11-16-22-30-38-32-40/h19,25,27-28,33-36H,3-18,20-24,26,29-30H2,1-2H3/b25-19-. The summed E-state index contributed by atoms with van der Waals surface area (Å²) < 4.78 is 0. The Hall–Kier alpha value is -1.76. The van der Waals surface area contributed by atoms with Crippen molar-refractivity contribution in [3.63, 3.8) is 0 Å². The molecule has 0 spiro atoms. The Balaban J connectivity index is 2.70. The number of unbranched alkanes of at least 4 members (excludes halogenated alkanes) is 15. The summed E-state index contributed by atoms with van der Waals surface area (Å²) >= 11 is 0. The molecular formula is C36H62N2O2. The molecule has 0 radical (unpaired) electrons. The summed E-state index contributed by atoms with van der Waals surface area (Å²) in [7, 11) is 0. The second-order valence-corrected chi connectivity index (χ2v) is 12.1. The maximum atomic E-state index is 10.2. The van der Waals surface area contributed by atoms with E-state index >= 15 is 0 Å². The Morgan fingerprint density at radius 3 is 1.65 bits per heavy atom. The van der Waals surface area contributed by atoms with Crippen LogP contribution in [0.4, 0.5) is 0 Å². The minimum Gasteiger partial charge on any atom is -0.211 e. The second kappa shape index (κ2) is 27.4. The van der Waals surface area contributed by atoms with Gasteiger partial charge in [-0.05, 0) is 68.6 Å². The summed E-state index contributed by atoms with van der Waals surface area (Å²) in [5.41, 5.74) is 0. The predicted molar refractivity (Wildman–Crippen MR) is 171 cm³/mol. The second-order valence-electron chi connectivity index (χ2n) is 12.1. The summed E-state index contributed by atoms with van der Waals surface area (Å²) in [5, 5.41) is 0. The van der Waals surface area contributed by atoms with Crippen LogP contribution in [-0.4, -0.2) is 25.2 Å². The van der Waals surface area contributed by atoms with Crippen molar-refractivity contribution >= 4 is 12.2 Å². The van der Waals surface area contributed by atoms with Crippen LogP contribution in [0.2, 0.25) is 0 Å². The highest BCUT2D eigenvalue weighted by Crippen LogP contribution is 2.43. The highest BCUT2D eigenvalue weighted by atomic mass is 16.1. The summed E-state index contributed by atoms with van der Waals surface area (Å²) in [5.74, 6) is 2.91. The summed E-state index contributed by atoms with van der Waals surface area (Å²) in [6, 6.07) is 0. The largest absolute Gasteiger partial charge is 0.234 e. The van der Waals surface area contributed by atoms with E-state index in [1.54, 1.807) is 12.2 Å². The van der Waals surface area contributed by atoms with Crippen LogP contribution in [-0.2, 0) is 9.59 Å². The van der Waals surface area contributed by atoms with E-state index in [-0.39, 0.29) is 0 Å². The van der Waals surface area contributed by atoms with Gasteiger partial charge in [0.25, 0.3) is 0 Å². The van der Waals surface area contributed by atoms with Gasteiger partial charge in [-0.3, -0.25) is 0 Å². The molecule has 4 atom stereocenters. The van der Waals surface area contributed by atoms with Crippen LogP contribution in [0, 0.1) is 23.7 Å². The minimum atomic E-state index is 0.639. The number of hydrogen-bond donors (Lipinski definition) is 0. The number of allylic oxidation sites excluding steroid dienone is 4. The van der Waals surface area contributed by atoms with Gasteiger partial charge < -0.3 is 0 Å². The van der Waals surface area contributed by atoms with E-state index in [0.717, 1.165) is 24.7 Å². The Morgan fingerprint density at radius 2 is 1.05 bits per heavy atom. The van der Waals surface area contributed by atoms with Crippen LogP contribution in [0.5, 0.6) is 0 Å². The van der Waals surface area contributed by atoms with Gasteiger partial charge >= 0.3 is 0 Å². The van der Waals surface area contributed by atoms with Gasteiger partial charge in [-0.15, -0.1) is 0 Å². The zero-order chi connectivity index (χ0) is 28.9. The first kappa shape index (κ1) is 36.3. The SMILES string of the molecule is CCCCC/C=C\C1C(CCCCCCCCN=C=O)C=CC(CCCCC)C1CCCCCCCCN=C=O. The molecule has 0 aliphatic heterocycles. The maximum absolute atomic E-state index is 10.2. The van der Waals surface area contributed by atoms with Crippen molar-refractivity contribution in [3.8, 4) is 0 Å². The topological polar surface area (TPSA) is 58.9 Å². The molecule has 1 aliphatic carbocycles. The zero-order valence-corrected chi connectivity index (χ0v) is 26.3. The van der Waals surface area contributed by atoms with Crippen LogP contribution in [0.1, 0.15) is 155 Å². The molecule has 0 aromatic rings. The summed E-state index contributed by atoms with van der Waals surface area (Å²) in [6.45, 7) is 5.89. The molecule has 0 amide bonds. The highest BCUT2D eigenvalue weighted by molar-refractivity contribution is 5.32. The van der Waals surface area contributed by atoms with Crippen molar-refractivity contribution in [1.82, 2.24) is 0 Å². The highest BCUT2D eigenvalue weighted by Gasteiger charge is 2.33. The fourth-order valence-electron chi connectivity index (χ4n) is 6.49. The molecule has 0 aromatic carbocycles. The Kier molecular flexibility index (Phi) is 24.9. The summed E-state index contributed by atoms with van der Waals surface area (Å²) in [4.78, 5) is 27.8. The van der Waals surface area contributed by atoms with Crippen molar-refractivity contribution in [3.05, 3.63) is 24.3 Å². The van der Waals surface area contributed by atoms with Crippen molar-refractivity contribution < 1.29 is 9.59 Å². The molecule has 0 fully saturated rings. The zero-order valence-electron chi connectivity index (χ0n) is 26.3. The molecule has 4 nitrogen and oxygen atoms in total. The van der Waals surface area contributed by atoms with Crippen LogP contribution in [0.25, 0.3) is 0 Å². The number of isocyanates is 2. The third-order valence-electron chi connectivity index (χ3n) is 8.86. The fraction of sp³-hybridized carbons (Fsp3) is 0.833. The van der Waals surface area contributed by atoms with Crippen molar-refractivity contribution in [2.24, 2.45) is 33.7 Å². The predicted octanol–water partition coefficient (Wildman–Crippen LogP) is 10.9. The Labute approximate surface area is 247 Å². The Morgan fingerprint density at radius 1 is 0.575 bits per heavy atom. The van der Waals surface area contributed by atoms with E-state index in [4.69, 9.17) is 0 Å². The molecular weight excluding hydrogens is 492 g/mol. The van der Waals surface area contributed by atoms with Crippen molar-refractivity contribution in [1.29, 1.82) is 0 Å². The normalized spacial score (nSPS) is 20.4. The first-order valence-corrected chi connectivity index (χ1v) is 17.2. The van der Waals surface area contributed by atoms with Crippen molar-refractivity contribution in [2.45, 2.75) is 155 Å². The molecule has 4 unspecified atom stereocenters. The number of nitrogens with zero attached hydrogens (tertiary/aromatic N) is 2. The lowest BCUT2D eigenvalue weighted by Gasteiger charge is -2.39. The molecule has 4 heteroatoms. The van der Waals surface area contributed by atoms with Crippen LogP contribution in [0.3, 0.4) is 0 Å². The average molecular weight is 555 g/mol. The number of aliphatic imine (C=N–C) groups is 2. The van der Waals surface area contributed by atoms with Gasteiger partial charge in [0.1, 0.15) is 0 Å². The number of carbonyl (C=O) groups excluding carboxylic acids is 2. The lowest BCUT2D eigenvalue weighted by Crippen LogP contribution is -2.30. The molecule has 0 aromatic heterocycles. The third-order valence-corrected chi connectivity index (χ3v) is 8.86. The van der Waals surface area contributed by atoms with Gasteiger partial charge in [-0.1, -0.05) is 134 Å². The lowest BCUT2D eigenvalue weighted by atomic mass is 9.66. The fourth-order valence-corrected chi connectivity index (χ4v) is 6.49. The van der Waals surface area contributed by atoms with Gasteiger partial charge in [-0.2, -0.15) is 0 Å². The lowest BCUT2D eigenvalue weighted by molar-refractivity contribution is 0.196. The summed E-state index contributed by atoms with van der Waals surface area (Å²) in [6.07, 6.45) is 41.8. The first-order chi connectivity index (χ1) is 19.8. The average Bonchev–Trinajstić information content (AvgIpc) is 2.96. The van der Waals surface area contributed by atoms with E-state index in [9.17, 15) is 9.59 Å². The van der Waals surface area contributed by atoms with Gasteiger partial charge in [-0.25, -0.2) is 19.6 Å². The van der Waals surface area contributed by atoms with E-state index < -0.39 is 0 Å². The van der Waals surface area contributed by atoms with Gasteiger partial charge in [0.05, 0.1) is 13.1 Å². The number of hydrogen-bond acceptors (Lipinski definition) is 4. The minimum absolute atomic E-state index is 0.639. The monoisotopic (exact) mass is 554 g/mol. The quantitative estimate of drug-likeness (QED) is 0.0439. The maximum Gasteiger partial charge on any atom is 0.234 e. The smallest absolute Gasteiger partial charge is 0.211 e. The van der Waals surface area contributed by atoms with E-state index in [1.807, 2.05) is 0 Å². The van der Waals surface area contributed by atoms with Crippen LogP contribution < -0.4 is 0 Å². The molecule has 228 valence electrons. The third kappa shape index (κ3) is 18.6. The van der Waals surface area contributed by atoms with E-state index in [2.05, 4.69) is 48.1 Å². The van der Waals surface area contributed by atoms with Crippen LogP contribution >= 0.6 is 0 Å². The molecule has 0 saturated heterocycles. The number of rotatable bonds is 27. The molecule has 1 rings (SSSR count). The van der Waals surface area contributed by atoms with Gasteiger partial charge in [0, 0.05) is 0 Å². The van der Waals surface area contributed by atoms with E-state index in [0.29, 0.717) is 24.9 Å². The first-order valence-electron chi connectivity index (χ1n) is 17.2. The molecule has 1 aliphatic rings. The van der Waals surface area contributed by atoms with Gasteiger partial charge in [0.2, 0.25) is 12.2 Å². The molecule has 0 N–H and O–H groups in total. The van der Waals surface area contributed by atoms with Crippen LogP contribution in [0.15, 0.2) is 34.3 Å². The van der Waals surface area contributed by atoms with Crippen molar-refractivity contribution in [2.75, 3.05) is 13.1 Å². The molecule has 0 heterocycles. The molecule has 40 heavy (non-hydrogen) atoms. The molecule has 0 bridgehead atoms. The Bertz CT molecular complexity index is 733. The molecule has 0 saturated carbocycles.